The summed E-state index contributed by atoms with van der Waals surface area (Å²) in [6.07, 6.45) is 1.58. The molecule has 0 bridgehead atoms. The molecule has 0 amide bonds. The van der Waals surface area contributed by atoms with Crippen LogP contribution in [-0.4, -0.2) is 10.5 Å². The van der Waals surface area contributed by atoms with E-state index in [1.54, 1.807) is 24.4 Å². The fraction of sp³-hybridized carbons (Fsp3) is 0.100. The van der Waals surface area contributed by atoms with Crippen LogP contribution in [0.3, 0.4) is 0 Å². The van der Waals surface area contributed by atoms with Gasteiger partial charge in [-0.3, -0.25) is 9.36 Å². The Bertz CT molecular complexity index is 473. The number of fused-ring (bicyclic) bond motifs is 1. The number of hydrogen-bond donors (Lipinski definition) is 0. The Hall–Kier alpha value is -1.64. The summed E-state index contributed by atoms with van der Waals surface area (Å²) in [6.45, 7) is 1.45. The molecular weight excluding hydrogens is 169 g/mol. The molecule has 66 valence electrons. The quantitative estimate of drug-likeness (QED) is 0.605. The van der Waals surface area contributed by atoms with Crippen molar-refractivity contribution in [3.63, 3.8) is 0 Å². The molecule has 0 atom stereocenters. The van der Waals surface area contributed by atoms with Gasteiger partial charge >= 0.3 is 0 Å². The van der Waals surface area contributed by atoms with Gasteiger partial charge in [-0.1, -0.05) is 6.07 Å². The molecule has 0 aliphatic rings. The molecule has 13 heavy (non-hydrogen) atoms. The third kappa shape index (κ3) is 1.13. The number of carbonyl (C=O) groups excluding carboxylic acids is 1. The van der Waals surface area contributed by atoms with E-state index in [4.69, 9.17) is 0 Å². The van der Waals surface area contributed by atoms with Crippen molar-refractivity contribution in [3.05, 3.63) is 36.3 Å². The van der Waals surface area contributed by atoms with Gasteiger partial charge in [-0.15, -0.1) is 0 Å². The Kier molecular flexibility index (Phi) is 1.65. The molecule has 0 saturated heterocycles. The third-order valence-corrected chi connectivity index (χ3v) is 2.02. The van der Waals surface area contributed by atoms with Gasteiger partial charge in [0.15, 0.2) is 0 Å². The van der Waals surface area contributed by atoms with Crippen LogP contribution in [0, 0.1) is 5.82 Å². The lowest BCUT2D eigenvalue weighted by Gasteiger charge is -1.98. The largest absolute Gasteiger partial charge is 0.287 e. The lowest BCUT2D eigenvalue weighted by Crippen LogP contribution is -2.02. The number of carbonyl (C=O) groups is 1. The van der Waals surface area contributed by atoms with E-state index in [1.807, 2.05) is 0 Å². The molecule has 0 aliphatic heterocycles. The lowest BCUT2D eigenvalue weighted by atomic mass is 10.2. The Morgan fingerprint density at radius 3 is 2.85 bits per heavy atom. The molecule has 0 radical (unpaired) electrons. The van der Waals surface area contributed by atoms with E-state index in [0.29, 0.717) is 10.9 Å². The van der Waals surface area contributed by atoms with Gasteiger partial charge in [0.2, 0.25) is 5.91 Å². The van der Waals surface area contributed by atoms with Crippen molar-refractivity contribution in [3.8, 4) is 0 Å². The highest BCUT2D eigenvalue weighted by Crippen LogP contribution is 2.18. The number of benzene rings is 1. The number of nitrogens with zero attached hydrogens (tertiary/aromatic N) is 1. The molecule has 2 nitrogen and oxygen atoms in total. The highest BCUT2D eigenvalue weighted by molar-refractivity contribution is 5.91. The Morgan fingerprint density at radius 1 is 1.38 bits per heavy atom. The fourth-order valence-electron chi connectivity index (χ4n) is 1.40. The molecule has 0 saturated carbocycles. The van der Waals surface area contributed by atoms with Gasteiger partial charge in [0.1, 0.15) is 5.82 Å². The molecule has 0 spiro atoms. The van der Waals surface area contributed by atoms with Gasteiger partial charge in [-0.05, 0) is 18.2 Å². The summed E-state index contributed by atoms with van der Waals surface area (Å²) >= 11 is 0. The van der Waals surface area contributed by atoms with E-state index >= 15 is 0 Å². The molecule has 2 rings (SSSR count). The topological polar surface area (TPSA) is 22.0 Å². The lowest BCUT2D eigenvalue weighted by molar-refractivity contribution is 0.0941. The maximum absolute atomic E-state index is 13.1. The van der Waals surface area contributed by atoms with Gasteiger partial charge in [-0.25, -0.2) is 4.39 Å². The first-order chi connectivity index (χ1) is 6.20. The third-order valence-electron chi connectivity index (χ3n) is 2.02. The van der Waals surface area contributed by atoms with Crippen molar-refractivity contribution in [2.45, 2.75) is 6.92 Å². The van der Waals surface area contributed by atoms with Crippen molar-refractivity contribution < 1.29 is 9.18 Å². The zero-order valence-corrected chi connectivity index (χ0v) is 7.12. The molecule has 0 unspecified atom stereocenters. The Balaban J connectivity index is 2.83. The van der Waals surface area contributed by atoms with Crippen LogP contribution in [0.2, 0.25) is 0 Å². The van der Waals surface area contributed by atoms with Crippen LogP contribution < -0.4 is 0 Å². The molecule has 0 fully saturated rings. The average Bonchev–Trinajstić information content (AvgIpc) is 2.48. The van der Waals surface area contributed by atoms with Gasteiger partial charge in [-0.2, -0.15) is 0 Å². The Morgan fingerprint density at radius 2 is 2.15 bits per heavy atom. The zero-order chi connectivity index (χ0) is 9.42. The molecule has 0 N–H and O–H groups in total. The molecule has 3 heteroatoms. The van der Waals surface area contributed by atoms with Gasteiger partial charge in [0.25, 0.3) is 0 Å². The first-order valence-electron chi connectivity index (χ1n) is 3.96. The summed E-state index contributed by atoms with van der Waals surface area (Å²) in [6, 6.07) is 6.30. The monoisotopic (exact) mass is 177 g/mol. The van der Waals surface area contributed by atoms with E-state index in [-0.39, 0.29) is 11.7 Å². The van der Waals surface area contributed by atoms with Crippen LogP contribution in [0.5, 0.6) is 0 Å². The summed E-state index contributed by atoms with van der Waals surface area (Å²) in [4.78, 5) is 11.1. The maximum Gasteiger partial charge on any atom is 0.227 e. The Labute approximate surface area is 74.6 Å². The van der Waals surface area contributed by atoms with Crippen LogP contribution in [-0.2, 0) is 0 Å². The van der Waals surface area contributed by atoms with Gasteiger partial charge in [0.05, 0.1) is 5.52 Å². The number of hydrogen-bond acceptors (Lipinski definition) is 1. The molecule has 1 aromatic heterocycles. The van der Waals surface area contributed by atoms with Crippen molar-refractivity contribution >= 4 is 16.8 Å². The predicted molar refractivity (Wildman–Crippen MR) is 48.2 cm³/mol. The van der Waals surface area contributed by atoms with E-state index in [1.165, 1.54) is 17.6 Å². The number of halogens is 1. The van der Waals surface area contributed by atoms with E-state index < -0.39 is 0 Å². The summed E-state index contributed by atoms with van der Waals surface area (Å²) in [5, 5.41) is 0.484. The number of aromatic nitrogens is 1. The standard InChI is InChI=1S/C10H8FNO/c1-7(13)12-6-5-8-9(11)3-2-4-10(8)12/h2-6H,1H3. The minimum Gasteiger partial charge on any atom is -0.287 e. The summed E-state index contributed by atoms with van der Waals surface area (Å²) in [7, 11) is 0. The first kappa shape index (κ1) is 7.98. The second kappa shape index (κ2) is 2.69. The molecule has 1 heterocycles. The molecule has 1 aromatic carbocycles. The van der Waals surface area contributed by atoms with Crippen LogP contribution in [0.1, 0.15) is 11.7 Å². The SMILES string of the molecule is CC(=O)n1ccc2c(F)cccc21. The van der Waals surface area contributed by atoms with Gasteiger partial charge in [0, 0.05) is 18.5 Å². The highest BCUT2D eigenvalue weighted by Gasteiger charge is 2.06. The van der Waals surface area contributed by atoms with Crippen LogP contribution in [0.4, 0.5) is 4.39 Å². The molecule has 2 aromatic rings. The van der Waals surface area contributed by atoms with E-state index in [0.717, 1.165) is 0 Å². The normalized spacial score (nSPS) is 10.6. The summed E-state index contributed by atoms with van der Waals surface area (Å²) < 4.78 is 14.6. The molecular formula is C10H8FNO. The predicted octanol–water partition coefficient (Wildman–Crippen LogP) is 2.44. The van der Waals surface area contributed by atoms with Crippen molar-refractivity contribution in [1.29, 1.82) is 0 Å². The fourth-order valence-corrected chi connectivity index (χ4v) is 1.40. The van der Waals surface area contributed by atoms with Crippen molar-refractivity contribution in [2.24, 2.45) is 0 Å². The van der Waals surface area contributed by atoms with E-state index in [9.17, 15) is 9.18 Å². The minimum atomic E-state index is -0.294. The summed E-state index contributed by atoms with van der Waals surface area (Å²) in [5.41, 5.74) is 0.618. The van der Waals surface area contributed by atoms with E-state index in [2.05, 4.69) is 0 Å². The first-order valence-corrected chi connectivity index (χ1v) is 3.96. The zero-order valence-electron chi connectivity index (χ0n) is 7.12. The van der Waals surface area contributed by atoms with Crippen molar-refractivity contribution in [2.75, 3.05) is 0 Å². The second-order valence-electron chi connectivity index (χ2n) is 2.88. The van der Waals surface area contributed by atoms with Crippen LogP contribution in [0.15, 0.2) is 30.5 Å². The maximum atomic E-state index is 13.1. The highest BCUT2D eigenvalue weighted by atomic mass is 19.1. The smallest absolute Gasteiger partial charge is 0.227 e. The second-order valence-corrected chi connectivity index (χ2v) is 2.88. The van der Waals surface area contributed by atoms with Crippen LogP contribution in [0.25, 0.3) is 10.9 Å². The van der Waals surface area contributed by atoms with Gasteiger partial charge < -0.3 is 0 Å². The average molecular weight is 177 g/mol. The number of rotatable bonds is 0. The molecule has 0 aliphatic carbocycles. The van der Waals surface area contributed by atoms with Crippen LogP contribution >= 0.6 is 0 Å². The minimum absolute atomic E-state index is 0.111. The summed E-state index contributed by atoms with van der Waals surface area (Å²) in [5.74, 6) is -0.405. The van der Waals surface area contributed by atoms with Crippen molar-refractivity contribution in [1.82, 2.24) is 4.57 Å².